The minimum atomic E-state index is 0.240. The molecule has 132 valence electrons. The third kappa shape index (κ3) is 3.46. The molecule has 2 aliphatic heterocycles. The fraction of sp³-hybridized carbons (Fsp3) is 0.381. The number of amidine groups is 1. The van der Waals surface area contributed by atoms with Gasteiger partial charge in [-0.05, 0) is 37.0 Å². The number of hydrogen-bond acceptors (Lipinski definition) is 3. The van der Waals surface area contributed by atoms with Gasteiger partial charge in [-0.15, -0.1) is 0 Å². The van der Waals surface area contributed by atoms with Crippen molar-refractivity contribution in [3.63, 3.8) is 0 Å². The van der Waals surface area contributed by atoms with Gasteiger partial charge >= 0.3 is 0 Å². The molecule has 1 unspecified atom stereocenters. The topological polar surface area (TPSA) is 30.8 Å². The Bertz CT molecular complexity index is 732. The highest BCUT2D eigenvalue weighted by Gasteiger charge is 2.48. The number of nitrogens with zero attached hydrogens (tertiary/aromatic N) is 2. The Labute approximate surface area is 150 Å². The van der Waals surface area contributed by atoms with Crippen LogP contribution in [0.25, 0.3) is 0 Å². The van der Waals surface area contributed by atoms with Crippen molar-refractivity contribution >= 4 is 5.84 Å². The lowest BCUT2D eigenvalue weighted by Gasteiger charge is -2.31. The first-order valence-electron chi connectivity index (χ1n) is 9.02. The molecule has 0 saturated carbocycles. The normalized spacial score (nSPS) is 21.9. The van der Waals surface area contributed by atoms with Gasteiger partial charge in [0.25, 0.3) is 0 Å². The average molecular weight is 339 g/mol. The molecule has 0 radical (unpaired) electrons. The Morgan fingerprint density at radius 2 is 1.92 bits per heavy atom. The van der Waals surface area contributed by atoms with Crippen LogP contribution in [0.4, 0.5) is 0 Å². The predicted octanol–water partition coefficient (Wildman–Crippen LogP) is 4.87. The molecule has 25 heavy (non-hydrogen) atoms. The molecule has 2 heterocycles. The predicted molar refractivity (Wildman–Crippen MR) is 100 cm³/mol. The molecule has 0 saturated heterocycles. The lowest BCUT2D eigenvalue weighted by molar-refractivity contribution is -0.962. The Kier molecular flexibility index (Phi) is 5.51. The number of ether oxygens (including phenoxy) is 1. The summed E-state index contributed by atoms with van der Waals surface area (Å²) < 4.78 is 5.85. The SMILES string of the molecule is CCCC1=C2C(OC)=CC=C[N+]2(OCCCc2ccccc2)C(C)=N1. The summed E-state index contributed by atoms with van der Waals surface area (Å²) in [6.45, 7) is 4.86. The maximum atomic E-state index is 6.38. The summed E-state index contributed by atoms with van der Waals surface area (Å²) in [5.41, 5.74) is 3.44. The zero-order chi connectivity index (χ0) is 17.7. The fourth-order valence-corrected chi connectivity index (χ4v) is 3.40. The molecule has 0 fully saturated rings. The third-order valence-corrected chi connectivity index (χ3v) is 4.61. The molecule has 4 nitrogen and oxygen atoms in total. The fourth-order valence-electron chi connectivity index (χ4n) is 3.40. The molecule has 1 atom stereocenters. The van der Waals surface area contributed by atoms with Crippen LogP contribution in [0.5, 0.6) is 0 Å². The van der Waals surface area contributed by atoms with Crippen LogP contribution in [-0.2, 0) is 16.0 Å². The van der Waals surface area contributed by atoms with E-state index in [9.17, 15) is 0 Å². The van der Waals surface area contributed by atoms with Crippen molar-refractivity contribution in [1.29, 1.82) is 0 Å². The Morgan fingerprint density at radius 3 is 2.64 bits per heavy atom. The minimum Gasteiger partial charge on any atom is -0.491 e. The average Bonchev–Trinajstić information content (AvgIpc) is 2.92. The summed E-state index contributed by atoms with van der Waals surface area (Å²) in [5.74, 6) is 1.78. The first-order valence-corrected chi connectivity index (χ1v) is 9.02. The first kappa shape index (κ1) is 17.6. The van der Waals surface area contributed by atoms with E-state index >= 15 is 0 Å². The van der Waals surface area contributed by atoms with Gasteiger partial charge in [-0.3, -0.25) is 0 Å². The molecule has 0 N–H and O–H groups in total. The van der Waals surface area contributed by atoms with Crippen molar-refractivity contribution in [1.82, 2.24) is 0 Å². The van der Waals surface area contributed by atoms with E-state index in [1.165, 1.54) is 5.56 Å². The van der Waals surface area contributed by atoms with E-state index in [-0.39, 0.29) is 4.65 Å². The highest BCUT2D eigenvalue weighted by atomic mass is 16.7. The van der Waals surface area contributed by atoms with Crippen molar-refractivity contribution in [3.05, 3.63) is 71.4 Å². The van der Waals surface area contributed by atoms with Gasteiger partial charge in [-0.25, -0.2) is 0 Å². The highest BCUT2D eigenvalue weighted by Crippen LogP contribution is 2.40. The summed E-state index contributed by atoms with van der Waals surface area (Å²) in [6.07, 6.45) is 9.99. The number of fused-ring (bicyclic) bond motifs is 1. The van der Waals surface area contributed by atoms with Crippen molar-refractivity contribution in [2.75, 3.05) is 13.7 Å². The van der Waals surface area contributed by atoms with Crippen LogP contribution in [0.3, 0.4) is 0 Å². The van der Waals surface area contributed by atoms with Gasteiger partial charge in [0.05, 0.1) is 7.11 Å². The second kappa shape index (κ2) is 7.81. The Hall–Kier alpha value is -2.17. The highest BCUT2D eigenvalue weighted by molar-refractivity contribution is 5.78. The molecule has 2 aliphatic rings. The zero-order valence-corrected chi connectivity index (χ0v) is 15.4. The van der Waals surface area contributed by atoms with E-state index in [4.69, 9.17) is 14.6 Å². The Balaban J connectivity index is 1.74. The Morgan fingerprint density at radius 1 is 1.12 bits per heavy atom. The first-order chi connectivity index (χ1) is 12.2. The number of allylic oxidation sites excluding steroid dienone is 3. The molecular formula is C21H27N2O2+. The van der Waals surface area contributed by atoms with Crippen LogP contribution in [0.1, 0.15) is 38.7 Å². The van der Waals surface area contributed by atoms with Crippen molar-refractivity contribution < 1.29 is 14.2 Å². The summed E-state index contributed by atoms with van der Waals surface area (Å²) >= 11 is 0. The van der Waals surface area contributed by atoms with Gasteiger partial charge in [0, 0.05) is 6.92 Å². The zero-order valence-electron chi connectivity index (χ0n) is 15.4. The van der Waals surface area contributed by atoms with Crippen LogP contribution in [0.2, 0.25) is 0 Å². The van der Waals surface area contributed by atoms with Gasteiger partial charge in [-0.2, -0.15) is 9.83 Å². The monoisotopic (exact) mass is 339 g/mol. The molecular weight excluding hydrogens is 312 g/mol. The molecule has 0 amide bonds. The smallest absolute Gasteiger partial charge is 0.243 e. The standard InChI is InChI=1S/C21H27N2O2/c1-4-10-19-21-20(24-3)14-8-15-23(21,17(2)22-19)25-16-9-13-18-11-6-5-7-12-18/h5-8,11-12,14-15H,4,9-10,13,16H2,1-3H3/q+1. The summed E-state index contributed by atoms with van der Waals surface area (Å²) in [4.78, 5) is 11.2. The number of methoxy groups -OCH3 is 1. The van der Waals surface area contributed by atoms with E-state index in [1.807, 2.05) is 25.1 Å². The number of hydroxylamine groups is 3. The number of benzene rings is 1. The molecule has 0 spiro atoms. The van der Waals surface area contributed by atoms with E-state index in [0.29, 0.717) is 6.61 Å². The molecule has 1 aromatic rings. The van der Waals surface area contributed by atoms with Crippen LogP contribution in [-0.4, -0.2) is 24.2 Å². The summed E-state index contributed by atoms with van der Waals surface area (Å²) in [5, 5.41) is 0. The van der Waals surface area contributed by atoms with Gasteiger partial charge in [0.1, 0.15) is 18.5 Å². The van der Waals surface area contributed by atoms with Crippen molar-refractivity contribution in [2.24, 2.45) is 4.99 Å². The van der Waals surface area contributed by atoms with E-state index in [2.05, 4.69) is 37.4 Å². The maximum Gasteiger partial charge on any atom is 0.243 e. The van der Waals surface area contributed by atoms with Crippen LogP contribution in [0.15, 0.2) is 70.8 Å². The second-order valence-corrected chi connectivity index (χ2v) is 6.36. The quantitative estimate of drug-likeness (QED) is 0.500. The number of aliphatic imine (C=N–C) groups is 1. The van der Waals surface area contributed by atoms with Crippen LogP contribution < -0.4 is 0 Å². The number of quaternary nitrogens is 1. The molecule has 0 aromatic heterocycles. The largest absolute Gasteiger partial charge is 0.491 e. The van der Waals surface area contributed by atoms with Gasteiger partial charge in [0.2, 0.25) is 11.5 Å². The van der Waals surface area contributed by atoms with Gasteiger partial charge in [0.15, 0.2) is 5.76 Å². The lowest BCUT2D eigenvalue weighted by Crippen LogP contribution is -2.45. The number of rotatable bonds is 8. The molecule has 1 aromatic carbocycles. The van der Waals surface area contributed by atoms with E-state index in [0.717, 1.165) is 48.7 Å². The van der Waals surface area contributed by atoms with Gasteiger partial charge < -0.3 is 4.74 Å². The minimum absolute atomic E-state index is 0.240. The summed E-state index contributed by atoms with van der Waals surface area (Å²) in [7, 11) is 1.71. The van der Waals surface area contributed by atoms with Crippen LogP contribution in [0, 0.1) is 0 Å². The number of aryl methyl sites for hydroxylation is 1. The maximum absolute atomic E-state index is 6.38. The van der Waals surface area contributed by atoms with E-state index < -0.39 is 0 Å². The molecule has 0 bridgehead atoms. The second-order valence-electron chi connectivity index (χ2n) is 6.36. The summed E-state index contributed by atoms with van der Waals surface area (Å²) in [6, 6.07) is 10.5. The molecule has 4 heteroatoms. The van der Waals surface area contributed by atoms with Crippen molar-refractivity contribution in [2.45, 2.75) is 39.5 Å². The van der Waals surface area contributed by atoms with Crippen LogP contribution >= 0.6 is 0 Å². The molecule has 3 rings (SSSR count). The lowest BCUT2D eigenvalue weighted by atomic mass is 10.1. The number of hydrogen-bond donors (Lipinski definition) is 0. The van der Waals surface area contributed by atoms with E-state index in [1.54, 1.807) is 7.11 Å². The van der Waals surface area contributed by atoms with Gasteiger partial charge in [-0.1, -0.05) is 48.3 Å². The van der Waals surface area contributed by atoms with Crippen molar-refractivity contribution in [3.8, 4) is 0 Å². The third-order valence-electron chi connectivity index (χ3n) is 4.61. The molecule has 0 aliphatic carbocycles.